The van der Waals surface area contributed by atoms with Crippen molar-refractivity contribution in [1.29, 1.82) is 0 Å². The van der Waals surface area contributed by atoms with Crippen molar-refractivity contribution >= 4 is 5.97 Å². The lowest BCUT2D eigenvalue weighted by atomic mass is 9.72. The zero-order valence-electron chi connectivity index (χ0n) is 20.9. The summed E-state index contributed by atoms with van der Waals surface area (Å²) in [5.74, 6) is 0.00130. The highest BCUT2D eigenvalue weighted by Gasteiger charge is 2.32. The van der Waals surface area contributed by atoms with Gasteiger partial charge in [-0.1, -0.05) is 106 Å². The first-order valence-electron chi connectivity index (χ1n) is 12.9. The normalized spacial score (nSPS) is 12.6. The summed E-state index contributed by atoms with van der Waals surface area (Å²) in [6.45, 7) is 13.2. The maximum absolute atomic E-state index is 10.4. The van der Waals surface area contributed by atoms with Gasteiger partial charge in [0, 0.05) is 5.54 Å². The van der Waals surface area contributed by atoms with Gasteiger partial charge < -0.3 is 10.8 Å². The summed E-state index contributed by atoms with van der Waals surface area (Å²) in [5, 5.41) is 8.60. The van der Waals surface area contributed by atoms with E-state index in [0.29, 0.717) is 0 Å². The maximum Gasteiger partial charge on any atom is 0.306 e. The van der Waals surface area contributed by atoms with Crippen LogP contribution >= 0.6 is 0 Å². The van der Waals surface area contributed by atoms with Gasteiger partial charge >= 0.3 is 5.97 Å². The summed E-state index contributed by atoms with van der Waals surface area (Å²) in [7, 11) is 0. The number of carboxylic acid groups (broad SMARTS) is 1. The zero-order valence-corrected chi connectivity index (χ0v) is 20.9. The molecule has 29 heavy (non-hydrogen) atoms. The van der Waals surface area contributed by atoms with E-state index in [2.05, 4.69) is 34.6 Å². The van der Waals surface area contributed by atoms with Crippen LogP contribution in [0.15, 0.2) is 0 Å². The van der Waals surface area contributed by atoms with E-state index in [0.717, 1.165) is 31.6 Å². The number of nitrogens with two attached hydrogens (primary N) is 1. The van der Waals surface area contributed by atoms with Crippen LogP contribution < -0.4 is 5.73 Å². The summed E-state index contributed by atoms with van der Waals surface area (Å²) in [4.78, 5) is 10.4. The third kappa shape index (κ3) is 15.9. The Kier molecular flexibility index (Phi) is 21.9. The molecular weight excluding hydrogens is 358 g/mol. The summed E-state index contributed by atoms with van der Waals surface area (Å²) >= 11 is 0. The Morgan fingerprint density at radius 3 is 1.41 bits per heavy atom. The van der Waals surface area contributed by atoms with E-state index >= 15 is 0 Å². The van der Waals surface area contributed by atoms with Crippen molar-refractivity contribution in [3.63, 3.8) is 0 Å². The van der Waals surface area contributed by atoms with Gasteiger partial charge in [-0.25, -0.2) is 0 Å². The summed E-state index contributed by atoms with van der Waals surface area (Å²) in [6, 6.07) is 0. The summed E-state index contributed by atoms with van der Waals surface area (Å²) in [5.41, 5.74) is 7.02. The molecular formula is C26H55NO2. The first-order chi connectivity index (χ1) is 13.9. The van der Waals surface area contributed by atoms with Crippen molar-refractivity contribution < 1.29 is 9.90 Å². The zero-order chi connectivity index (χ0) is 22.5. The highest BCUT2D eigenvalue weighted by Crippen LogP contribution is 2.34. The van der Waals surface area contributed by atoms with E-state index in [9.17, 15) is 4.79 Å². The van der Waals surface area contributed by atoms with Crippen molar-refractivity contribution in [2.75, 3.05) is 0 Å². The molecule has 0 aliphatic rings. The largest absolute Gasteiger partial charge is 0.481 e. The predicted molar refractivity (Wildman–Crippen MR) is 129 cm³/mol. The van der Waals surface area contributed by atoms with Crippen LogP contribution in [-0.2, 0) is 4.79 Å². The molecule has 0 fully saturated rings. The Morgan fingerprint density at radius 1 is 0.724 bits per heavy atom. The molecule has 0 aliphatic carbocycles. The van der Waals surface area contributed by atoms with Crippen molar-refractivity contribution in [1.82, 2.24) is 0 Å². The van der Waals surface area contributed by atoms with Gasteiger partial charge in [-0.05, 0) is 44.4 Å². The van der Waals surface area contributed by atoms with Gasteiger partial charge in [0.15, 0.2) is 0 Å². The van der Waals surface area contributed by atoms with Crippen molar-refractivity contribution in [2.24, 2.45) is 17.6 Å². The van der Waals surface area contributed by atoms with Gasteiger partial charge in [-0.2, -0.15) is 0 Å². The van der Waals surface area contributed by atoms with Crippen LogP contribution in [0, 0.1) is 11.8 Å². The van der Waals surface area contributed by atoms with E-state index in [1.165, 1.54) is 77.0 Å². The molecule has 0 spiro atoms. The molecule has 0 aliphatic heterocycles. The minimum absolute atomic E-state index is 0.111. The number of unbranched alkanes of at least 4 members (excludes halogenated alkanes) is 5. The molecule has 0 aromatic rings. The third-order valence-corrected chi connectivity index (χ3v) is 6.37. The van der Waals surface area contributed by atoms with E-state index < -0.39 is 5.97 Å². The lowest BCUT2D eigenvalue weighted by molar-refractivity contribution is -0.142. The van der Waals surface area contributed by atoms with Crippen molar-refractivity contribution in [3.8, 4) is 0 Å². The standard InChI is InChI=1S/C18H39N.C8H16O2/c1-5-9-13-17(14-10-6-2)18(19,15-11-7-3)16-12-8-4;1-3-5-6-7(4-2)8(9)10/h17H,5-16,19H2,1-4H3;7H,3-6H2,1-2H3,(H,9,10). The Balaban J connectivity index is 0. The Labute approximate surface area is 183 Å². The second-order valence-electron chi connectivity index (χ2n) is 9.01. The lowest BCUT2D eigenvalue weighted by Crippen LogP contribution is -2.47. The molecule has 176 valence electrons. The van der Waals surface area contributed by atoms with E-state index in [1.807, 2.05) is 6.92 Å². The number of aliphatic carboxylic acids is 1. The number of hydrogen-bond donors (Lipinski definition) is 2. The Morgan fingerprint density at radius 2 is 1.10 bits per heavy atom. The van der Waals surface area contributed by atoms with Gasteiger partial charge in [0.2, 0.25) is 0 Å². The third-order valence-electron chi connectivity index (χ3n) is 6.37. The van der Waals surface area contributed by atoms with Gasteiger partial charge in [0.25, 0.3) is 0 Å². The minimum Gasteiger partial charge on any atom is -0.481 e. The molecule has 0 radical (unpaired) electrons. The van der Waals surface area contributed by atoms with Crippen LogP contribution in [0.3, 0.4) is 0 Å². The highest BCUT2D eigenvalue weighted by molar-refractivity contribution is 5.69. The van der Waals surface area contributed by atoms with Crippen LogP contribution in [0.4, 0.5) is 0 Å². The number of rotatable bonds is 18. The first kappa shape index (κ1) is 30.6. The molecule has 0 saturated carbocycles. The van der Waals surface area contributed by atoms with Crippen LogP contribution in [0.5, 0.6) is 0 Å². The second-order valence-corrected chi connectivity index (χ2v) is 9.01. The fraction of sp³-hybridized carbons (Fsp3) is 0.962. The molecule has 3 N–H and O–H groups in total. The average Bonchev–Trinajstić information content (AvgIpc) is 2.71. The molecule has 0 rings (SSSR count). The Bertz CT molecular complexity index is 341. The van der Waals surface area contributed by atoms with Crippen molar-refractivity contribution in [3.05, 3.63) is 0 Å². The van der Waals surface area contributed by atoms with E-state index in [4.69, 9.17) is 10.8 Å². The lowest BCUT2D eigenvalue weighted by Gasteiger charge is -2.38. The van der Waals surface area contributed by atoms with Gasteiger partial charge in [-0.3, -0.25) is 4.79 Å². The smallest absolute Gasteiger partial charge is 0.306 e. The Hall–Kier alpha value is -0.570. The minimum atomic E-state index is -0.643. The summed E-state index contributed by atoms with van der Waals surface area (Å²) < 4.78 is 0. The van der Waals surface area contributed by atoms with Gasteiger partial charge in [0.05, 0.1) is 5.92 Å². The second kappa shape index (κ2) is 20.7. The van der Waals surface area contributed by atoms with Crippen LogP contribution in [0.2, 0.25) is 0 Å². The number of hydrogen-bond acceptors (Lipinski definition) is 2. The fourth-order valence-corrected chi connectivity index (χ4v) is 4.12. The van der Waals surface area contributed by atoms with Crippen molar-refractivity contribution in [2.45, 2.75) is 150 Å². The molecule has 3 heteroatoms. The monoisotopic (exact) mass is 413 g/mol. The average molecular weight is 414 g/mol. The predicted octanol–water partition coefficient (Wildman–Crippen LogP) is 8.35. The molecule has 0 aromatic heterocycles. The highest BCUT2D eigenvalue weighted by atomic mass is 16.4. The summed E-state index contributed by atoms with van der Waals surface area (Å²) in [6.07, 6.45) is 19.4. The SMILES string of the molecule is CCCCC(CC)C(=O)O.CCCCC(CCCC)C(N)(CCCC)CCCC. The molecule has 0 saturated heterocycles. The molecule has 3 nitrogen and oxygen atoms in total. The molecule has 1 atom stereocenters. The number of carbonyl (C=O) groups is 1. The fourth-order valence-electron chi connectivity index (χ4n) is 4.12. The van der Waals surface area contributed by atoms with E-state index in [1.54, 1.807) is 0 Å². The van der Waals surface area contributed by atoms with E-state index in [-0.39, 0.29) is 11.5 Å². The maximum atomic E-state index is 10.4. The number of carboxylic acids is 1. The van der Waals surface area contributed by atoms with Gasteiger partial charge in [-0.15, -0.1) is 0 Å². The first-order valence-corrected chi connectivity index (χ1v) is 12.9. The molecule has 1 unspecified atom stereocenters. The molecule has 0 bridgehead atoms. The quantitative estimate of drug-likeness (QED) is 0.237. The topological polar surface area (TPSA) is 63.3 Å². The molecule has 0 amide bonds. The van der Waals surface area contributed by atoms with Crippen LogP contribution in [0.25, 0.3) is 0 Å². The molecule has 0 heterocycles. The van der Waals surface area contributed by atoms with Crippen LogP contribution in [-0.4, -0.2) is 16.6 Å². The van der Waals surface area contributed by atoms with Gasteiger partial charge in [0.1, 0.15) is 0 Å². The molecule has 0 aromatic carbocycles. The van der Waals surface area contributed by atoms with Crippen LogP contribution in [0.1, 0.15) is 144 Å².